The molecule has 0 saturated heterocycles. The summed E-state index contributed by atoms with van der Waals surface area (Å²) in [6.45, 7) is 14.9. The van der Waals surface area contributed by atoms with E-state index >= 15 is 0 Å². The fraction of sp³-hybridized carbons (Fsp3) is 0.667. The molecular formula is C30H47N5O6S2. The van der Waals surface area contributed by atoms with Crippen LogP contribution in [0.1, 0.15) is 79.3 Å². The number of sulfonamides is 1. The van der Waals surface area contributed by atoms with Gasteiger partial charge in [0.05, 0.1) is 27.8 Å². The third-order valence-electron chi connectivity index (χ3n) is 7.32. The van der Waals surface area contributed by atoms with Gasteiger partial charge in [-0.05, 0) is 78.4 Å². The number of thioether (sulfide) groups is 1. The van der Waals surface area contributed by atoms with E-state index in [-0.39, 0.29) is 48.0 Å². The van der Waals surface area contributed by atoms with Crippen LogP contribution in [0.15, 0.2) is 40.9 Å². The van der Waals surface area contributed by atoms with Crippen molar-refractivity contribution in [2.24, 2.45) is 16.8 Å². The molecule has 0 aromatic carbocycles. The van der Waals surface area contributed by atoms with E-state index in [1.165, 1.54) is 0 Å². The molecule has 240 valence electrons. The maximum atomic E-state index is 13.1. The van der Waals surface area contributed by atoms with Crippen LogP contribution in [0.3, 0.4) is 0 Å². The van der Waals surface area contributed by atoms with Crippen LogP contribution in [0.25, 0.3) is 0 Å². The molecule has 1 saturated carbocycles. The average Bonchev–Trinajstić information content (AvgIpc) is 3.05. The van der Waals surface area contributed by atoms with Crippen LogP contribution in [-0.2, 0) is 26.1 Å². The Bertz CT molecular complexity index is 1240. The molecule has 0 radical (unpaired) electrons. The second-order valence-electron chi connectivity index (χ2n) is 12.6. The van der Waals surface area contributed by atoms with Crippen molar-refractivity contribution < 1.29 is 27.5 Å². The van der Waals surface area contributed by atoms with E-state index in [0.29, 0.717) is 11.4 Å². The molecule has 3 N–H and O–H groups in total. The van der Waals surface area contributed by atoms with Gasteiger partial charge in [0.25, 0.3) is 0 Å². The molecule has 0 spiro atoms. The summed E-state index contributed by atoms with van der Waals surface area (Å²) in [6, 6.07) is 4.69. The first-order valence-corrected chi connectivity index (χ1v) is 17.3. The van der Waals surface area contributed by atoms with Crippen molar-refractivity contribution in [3.63, 3.8) is 0 Å². The number of aliphatic imine (C=N–C) groups is 1. The zero-order valence-electron chi connectivity index (χ0n) is 26.1. The van der Waals surface area contributed by atoms with Gasteiger partial charge in [0.15, 0.2) is 0 Å². The summed E-state index contributed by atoms with van der Waals surface area (Å²) >= 11 is 1.59. The number of alkyl carbamates (subject to hydrolysis) is 2. The molecule has 2 heterocycles. The summed E-state index contributed by atoms with van der Waals surface area (Å²) in [7, 11) is -3.79. The van der Waals surface area contributed by atoms with Crippen LogP contribution >= 0.6 is 11.8 Å². The molecule has 13 heteroatoms. The second-order valence-corrected chi connectivity index (χ2v) is 15.4. The topological polar surface area (TPSA) is 148 Å². The lowest BCUT2D eigenvalue weighted by molar-refractivity contribution is 0.109. The van der Waals surface area contributed by atoms with E-state index in [1.54, 1.807) is 50.9 Å². The lowest BCUT2D eigenvalue weighted by Gasteiger charge is -2.30. The molecule has 1 unspecified atom stereocenters. The molecule has 43 heavy (non-hydrogen) atoms. The van der Waals surface area contributed by atoms with Crippen molar-refractivity contribution in [2.45, 2.75) is 110 Å². The predicted octanol–water partition coefficient (Wildman–Crippen LogP) is 5.14. The van der Waals surface area contributed by atoms with Gasteiger partial charge in [-0.3, -0.25) is 9.98 Å². The van der Waals surface area contributed by atoms with Crippen molar-refractivity contribution in [1.29, 1.82) is 0 Å². The SMILES string of the molecule is C=C(C[C@H]1N=C(C2CCC(NC(=O)OC(C)C)CC2)SCC(NC(=O)OCc2ccccn2)[C@H]1C)S(=O)(=O)NC(C)(C)C. The van der Waals surface area contributed by atoms with E-state index in [1.807, 2.05) is 26.8 Å². The molecule has 1 aromatic heterocycles. The monoisotopic (exact) mass is 637 g/mol. The Hall–Kier alpha value is -2.64. The zero-order valence-corrected chi connectivity index (χ0v) is 27.7. The normalized spacial score (nSPS) is 24.8. The molecule has 1 aliphatic heterocycles. The number of nitrogens with one attached hydrogen (secondary N) is 3. The Balaban J connectivity index is 1.72. The van der Waals surface area contributed by atoms with Crippen LogP contribution < -0.4 is 15.4 Å². The van der Waals surface area contributed by atoms with E-state index < -0.39 is 33.8 Å². The minimum Gasteiger partial charge on any atom is -0.447 e. The van der Waals surface area contributed by atoms with Gasteiger partial charge in [0, 0.05) is 41.9 Å². The highest BCUT2D eigenvalue weighted by atomic mass is 32.2. The van der Waals surface area contributed by atoms with Crippen LogP contribution in [-0.4, -0.2) is 66.2 Å². The third-order valence-corrected chi connectivity index (χ3v) is 10.4. The molecule has 11 nitrogen and oxygen atoms in total. The van der Waals surface area contributed by atoms with Gasteiger partial charge in [-0.25, -0.2) is 22.7 Å². The first-order chi connectivity index (χ1) is 20.1. The molecular weight excluding hydrogens is 590 g/mol. The fourth-order valence-electron chi connectivity index (χ4n) is 5.08. The number of nitrogens with zero attached hydrogens (tertiary/aromatic N) is 2. The number of hydrogen-bond donors (Lipinski definition) is 3. The molecule has 3 rings (SSSR count). The lowest BCUT2D eigenvalue weighted by Crippen LogP contribution is -2.45. The molecule has 1 aliphatic carbocycles. The lowest BCUT2D eigenvalue weighted by atomic mass is 9.86. The second kappa shape index (κ2) is 15.4. The quantitative estimate of drug-likeness (QED) is 0.319. The number of amides is 2. The van der Waals surface area contributed by atoms with Crippen molar-refractivity contribution in [3.05, 3.63) is 41.6 Å². The van der Waals surface area contributed by atoms with Gasteiger partial charge >= 0.3 is 12.2 Å². The van der Waals surface area contributed by atoms with Crippen molar-refractivity contribution in [3.8, 4) is 0 Å². The number of aromatic nitrogens is 1. The highest BCUT2D eigenvalue weighted by molar-refractivity contribution is 8.14. The van der Waals surface area contributed by atoms with Crippen LogP contribution in [0.2, 0.25) is 0 Å². The summed E-state index contributed by atoms with van der Waals surface area (Å²) in [6.07, 6.45) is 3.84. The Morgan fingerprint density at radius 2 is 1.81 bits per heavy atom. The third kappa shape index (κ3) is 11.4. The number of pyridine rings is 1. The summed E-state index contributed by atoms with van der Waals surface area (Å²) in [5, 5.41) is 6.89. The van der Waals surface area contributed by atoms with Gasteiger partial charge in [-0.15, -0.1) is 11.8 Å². The predicted molar refractivity (Wildman–Crippen MR) is 170 cm³/mol. The number of hydrogen-bond acceptors (Lipinski definition) is 9. The van der Waals surface area contributed by atoms with E-state index in [9.17, 15) is 18.0 Å². The minimum absolute atomic E-state index is 0.0327. The molecule has 1 aromatic rings. The van der Waals surface area contributed by atoms with Crippen LogP contribution in [0.4, 0.5) is 9.59 Å². The Morgan fingerprint density at radius 1 is 1.12 bits per heavy atom. The van der Waals surface area contributed by atoms with Crippen molar-refractivity contribution in [1.82, 2.24) is 20.3 Å². The standard InChI is InChI=1S/C30H47N5O6S2/c1-19(2)41-29(37)32-23-13-11-22(12-14-23)27-33-25(16-20(3)43(38,39)35-30(5,6)7)21(4)26(18-42-27)34-28(36)40-17-24-10-8-9-15-31-24/h8-10,15,19,21-23,25-26,35H,3,11-14,16-18H2,1-2,4-7H3,(H,32,37)(H,34,36)/t21-,22?,23?,25+,26?/m0/s1. The van der Waals surface area contributed by atoms with Crippen molar-refractivity contribution >= 4 is 39.0 Å². The summed E-state index contributed by atoms with van der Waals surface area (Å²) in [5.74, 6) is 0.539. The smallest absolute Gasteiger partial charge is 0.407 e. The Kier molecular flexibility index (Phi) is 12.5. The van der Waals surface area contributed by atoms with Gasteiger partial charge in [-0.1, -0.05) is 19.6 Å². The highest BCUT2D eigenvalue weighted by Crippen LogP contribution is 2.35. The molecule has 2 aliphatic rings. The van der Waals surface area contributed by atoms with Crippen LogP contribution in [0.5, 0.6) is 0 Å². The fourth-order valence-corrected chi connectivity index (χ4v) is 7.83. The van der Waals surface area contributed by atoms with Gasteiger partial charge in [0.1, 0.15) is 6.61 Å². The van der Waals surface area contributed by atoms with Crippen LogP contribution in [0, 0.1) is 11.8 Å². The largest absolute Gasteiger partial charge is 0.447 e. The highest BCUT2D eigenvalue weighted by Gasteiger charge is 2.36. The van der Waals surface area contributed by atoms with E-state index in [2.05, 4.69) is 26.9 Å². The average molecular weight is 638 g/mol. The first-order valence-electron chi connectivity index (χ1n) is 14.9. The first kappa shape index (κ1) is 34.8. The number of rotatable bonds is 10. The maximum absolute atomic E-state index is 13.1. The summed E-state index contributed by atoms with van der Waals surface area (Å²) < 4.78 is 39.5. The molecule has 1 fully saturated rings. The number of carbonyl (C=O) groups excluding carboxylic acids is 2. The Labute approximate surface area is 260 Å². The summed E-state index contributed by atoms with van der Waals surface area (Å²) in [5.41, 5.74) is -0.0172. The molecule has 3 atom stereocenters. The number of ether oxygens (including phenoxy) is 2. The molecule has 0 bridgehead atoms. The number of carbonyl (C=O) groups is 2. The minimum atomic E-state index is -3.79. The van der Waals surface area contributed by atoms with Gasteiger partial charge in [0.2, 0.25) is 10.0 Å². The summed E-state index contributed by atoms with van der Waals surface area (Å²) in [4.78, 5) is 34.2. The van der Waals surface area contributed by atoms with Gasteiger partial charge < -0.3 is 20.1 Å². The van der Waals surface area contributed by atoms with Crippen molar-refractivity contribution in [2.75, 3.05) is 5.75 Å². The van der Waals surface area contributed by atoms with E-state index in [0.717, 1.165) is 30.7 Å². The Morgan fingerprint density at radius 3 is 2.42 bits per heavy atom. The van der Waals surface area contributed by atoms with E-state index in [4.69, 9.17) is 14.5 Å². The zero-order chi connectivity index (χ0) is 31.8. The molecule has 2 amide bonds. The van der Waals surface area contributed by atoms with Gasteiger partial charge in [-0.2, -0.15) is 0 Å². The maximum Gasteiger partial charge on any atom is 0.407 e.